The lowest BCUT2D eigenvalue weighted by atomic mass is 10.0. The van der Waals surface area contributed by atoms with Gasteiger partial charge in [0.05, 0.1) is 17.9 Å². The van der Waals surface area contributed by atoms with E-state index >= 15 is 0 Å². The van der Waals surface area contributed by atoms with E-state index in [-0.39, 0.29) is 6.79 Å². The van der Waals surface area contributed by atoms with E-state index in [1.54, 1.807) is 12.7 Å². The number of halogens is 1. The third kappa shape index (κ3) is 2.12. The highest BCUT2D eigenvalue weighted by molar-refractivity contribution is 6.30. The molecule has 2 aromatic heterocycles. The Kier molecular flexibility index (Phi) is 2.93. The quantitative estimate of drug-likeness (QED) is 0.447. The van der Waals surface area contributed by atoms with Crippen LogP contribution in [0.1, 0.15) is 5.69 Å². The number of benzene rings is 2. The third-order valence-corrected chi connectivity index (χ3v) is 5.25. The van der Waals surface area contributed by atoms with Crippen LogP contribution in [0.25, 0.3) is 28.2 Å². The number of aromatic nitrogens is 5. The summed E-state index contributed by atoms with van der Waals surface area (Å²) in [6.45, 7) is 0.776. The van der Waals surface area contributed by atoms with Crippen molar-refractivity contribution in [3.8, 4) is 39.7 Å². The van der Waals surface area contributed by atoms with Crippen LogP contribution in [-0.2, 0) is 6.54 Å². The van der Waals surface area contributed by atoms with Crippen LogP contribution in [0.4, 0.5) is 0 Å². The molecule has 2 aromatic carbocycles. The largest absolute Gasteiger partial charge is 0.454 e. The fourth-order valence-corrected chi connectivity index (χ4v) is 3.81. The maximum absolute atomic E-state index is 6.29. The fraction of sp³-hybridized carbons (Fsp3) is 0.105. The van der Waals surface area contributed by atoms with Crippen LogP contribution in [-0.4, -0.2) is 31.1 Å². The van der Waals surface area contributed by atoms with E-state index in [0.717, 1.165) is 45.4 Å². The number of fused-ring (bicyclic) bond motifs is 6. The van der Waals surface area contributed by atoms with Gasteiger partial charge in [0.1, 0.15) is 12.7 Å². The van der Waals surface area contributed by atoms with Crippen LogP contribution in [0.3, 0.4) is 0 Å². The lowest BCUT2D eigenvalue weighted by Crippen LogP contribution is -2.04. The Morgan fingerprint density at radius 2 is 1.81 bits per heavy atom. The predicted octanol–water partition coefficient (Wildman–Crippen LogP) is 3.54. The predicted molar refractivity (Wildman–Crippen MR) is 98.3 cm³/mol. The molecule has 2 aliphatic rings. The standard InChI is InChI=1S/C19H12ClN5O2/c20-18-15-7-25-19(21-8-23-25)13-5-11(1-3-14(13)24(15)9-22-18)12-2-4-16-17(6-12)27-10-26-16/h1-6,8-9H,7,10H2. The monoisotopic (exact) mass is 377 g/mol. The summed E-state index contributed by atoms with van der Waals surface area (Å²) in [5.41, 5.74) is 4.92. The summed E-state index contributed by atoms with van der Waals surface area (Å²) < 4.78 is 14.8. The van der Waals surface area contributed by atoms with Gasteiger partial charge in [0.25, 0.3) is 0 Å². The van der Waals surface area contributed by atoms with Crippen LogP contribution >= 0.6 is 11.6 Å². The van der Waals surface area contributed by atoms with Crippen molar-refractivity contribution in [3.05, 3.63) is 59.9 Å². The zero-order chi connectivity index (χ0) is 18.0. The Morgan fingerprint density at radius 1 is 0.963 bits per heavy atom. The van der Waals surface area contributed by atoms with E-state index in [4.69, 9.17) is 21.1 Å². The zero-order valence-electron chi connectivity index (χ0n) is 14.0. The SMILES string of the molecule is Clc1ncn2c1Cn1ncnc1-c1cc(-c3ccc4c(c3)OCO4)ccc1-2. The van der Waals surface area contributed by atoms with Gasteiger partial charge in [-0.05, 0) is 35.4 Å². The zero-order valence-corrected chi connectivity index (χ0v) is 14.7. The molecule has 0 saturated carbocycles. The summed E-state index contributed by atoms with van der Waals surface area (Å²) in [6.07, 6.45) is 3.30. The Bertz CT molecular complexity index is 1210. The third-order valence-electron chi connectivity index (χ3n) is 4.93. The molecule has 0 atom stereocenters. The smallest absolute Gasteiger partial charge is 0.231 e. The first-order valence-corrected chi connectivity index (χ1v) is 8.80. The highest BCUT2D eigenvalue weighted by Crippen LogP contribution is 2.39. The van der Waals surface area contributed by atoms with Crippen LogP contribution in [0, 0.1) is 0 Å². The lowest BCUT2D eigenvalue weighted by molar-refractivity contribution is 0.174. The van der Waals surface area contributed by atoms with Gasteiger partial charge >= 0.3 is 0 Å². The maximum Gasteiger partial charge on any atom is 0.231 e. The second-order valence-corrected chi connectivity index (χ2v) is 6.75. The van der Waals surface area contributed by atoms with Crippen molar-refractivity contribution in [2.24, 2.45) is 0 Å². The molecule has 0 bridgehead atoms. The van der Waals surface area contributed by atoms with E-state index in [1.807, 2.05) is 27.4 Å². The molecule has 4 aromatic rings. The van der Waals surface area contributed by atoms with Gasteiger partial charge < -0.3 is 9.47 Å². The summed E-state index contributed by atoms with van der Waals surface area (Å²) in [4.78, 5) is 8.73. The highest BCUT2D eigenvalue weighted by Gasteiger charge is 2.24. The molecule has 0 unspecified atom stereocenters. The van der Waals surface area contributed by atoms with Crippen LogP contribution < -0.4 is 9.47 Å². The normalized spacial score (nSPS) is 13.7. The molecule has 0 saturated heterocycles. The summed E-state index contributed by atoms with van der Waals surface area (Å²) >= 11 is 6.29. The number of nitrogens with zero attached hydrogens (tertiary/aromatic N) is 5. The molecule has 0 N–H and O–H groups in total. The topological polar surface area (TPSA) is 67.0 Å². The van der Waals surface area contributed by atoms with Crippen molar-refractivity contribution in [1.82, 2.24) is 24.3 Å². The summed E-state index contributed by atoms with van der Waals surface area (Å²) in [5, 5.41) is 4.83. The minimum atomic E-state index is 0.260. The second-order valence-electron chi connectivity index (χ2n) is 6.39. The average Bonchev–Trinajstić information content (AvgIpc) is 3.41. The molecule has 27 heavy (non-hydrogen) atoms. The maximum atomic E-state index is 6.29. The molecule has 6 rings (SSSR count). The molecule has 4 heterocycles. The molecule has 8 heteroatoms. The summed E-state index contributed by atoms with van der Waals surface area (Å²) in [5.74, 6) is 2.33. The van der Waals surface area contributed by atoms with Crippen molar-refractivity contribution in [2.45, 2.75) is 6.54 Å². The number of hydrogen-bond donors (Lipinski definition) is 0. The Labute approximate surface area is 158 Å². The molecular formula is C19H12ClN5O2. The van der Waals surface area contributed by atoms with Gasteiger partial charge in [-0.1, -0.05) is 23.7 Å². The minimum absolute atomic E-state index is 0.260. The lowest BCUT2D eigenvalue weighted by Gasteiger charge is -2.11. The van der Waals surface area contributed by atoms with E-state index in [9.17, 15) is 0 Å². The van der Waals surface area contributed by atoms with Gasteiger partial charge in [-0.25, -0.2) is 14.6 Å². The van der Waals surface area contributed by atoms with Crippen molar-refractivity contribution in [2.75, 3.05) is 6.79 Å². The summed E-state index contributed by atoms with van der Waals surface area (Å²) in [6, 6.07) is 12.2. The molecular weight excluding hydrogens is 366 g/mol. The molecule has 132 valence electrons. The molecule has 0 fully saturated rings. The molecule has 0 amide bonds. The number of ether oxygens (including phenoxy) is 2. The van der Waals surface area contributed by atoms with Crippen molar-refractivity contribution < 1.29 is 9.47 Å². The Hall–Kier alpha value is -3.32. The van der Waals surface area contributed by atoms with Crippen molar-refractivity contribution >= 4 is 11.6 Å². The molecule has 0 radical (unpaired) electrons. The van der Waals surface area contributed by atoms with Crippen LogP contribution in [0.5, 0.6) is 11.5 Å². The number of imidazole rings is 1. The van der Waals surface area contributed by atoms with Gasteiger partial charge in [-0.2, -0.15) is 5.10 Å². The first-order valence-electron chi connectivity index (χ1n) is 8.42. The van der Waals surface area contributed by atoms with Gasteiger partial charge in [0, 0.05) is 5.56 Å². The van der Waals surface area contributed by atoms with Crippen LogP contribution in [0.2, 0.25) is 5.15 Å². The second kappa shape index (κ2) is 5.34. The Balaban J connectivity index is 1.57. The van der Waals surface area contributed by atoms with E-state index in [1.165, 1.54) is 0 Å². The summed E-state index contributed by atoms with van der Waals surface area (Å²) in [7, 11) is 0. The first kappa shape index (κ1) is 14.8. The molecule has 2 aliphatic heterocycles. The van der Waals surface area contributed by atoms with Gasteiger partial charge in [0.2, 0.25) is 6.79 Å². The van der Waals surface area contributed by atoms with Gasteiger partial charge in [-0.3, -0.25) is 4.57 Å². The van der Waals surface area contributed by atoms with E-state index in [2.05, 4.69) is 33.3 Å². The van der Waals surface area contributed by atoms with Crippen LogP contribution in [0.15, 0.2) is 49.1 Å². The number of hydrogen-bond acceptors (Lipinski definition) is 5. The fourth-order valence-electron chi connectivity index (χ4n) is 3.61. The molecule has 7 nitrogen and oxygen atoms in total. The van der Waals surface area contributed by atoms with Gasteiger partial charge in [-0.15, -0.1) is 0 Å². The van der Waals surface area contributed by atoms with Gasteiger partial charge in [0.15, 0.2) is 22.5 Å². The first-order chi connectivity index (χ1) is 13.3. The number of rotatable bonds is 1. The van der Waals surface area contributed by atoms with Crippen molar-refractivity contribution in [3.63, 3.8) is 0 Å². The molecule has 0 aliphatic carbocycles. The van der Waals surface area contributed by atoms with Crippen molar-refractivity contribution in [1.29, 1.82) is 0 Å². The minimum Gasteiger partial charge on any atom is -0.454 e. The Morgan fingerprint density at radius 3 is 2.78 bits per heavy atom. The van der Waals surface area contributed by atoms with E-state index < -0.39 is 0 Å². The highest BCUT2D eigenvalue weighted by atomic mass is 35.5. The average molecular weight is 378 g/mol. The molecule has 0 spiro atoms. The van der Waals surface area contributed by atoms with E-state index in [0.29, 0.717) is 11.7 Å².